The average molecular weight is 502 g/mol. The van der Waals surface area contributed by atoms with E-state index in [-0.39, 0.29) is 18.1 Å². The molecule has 0 unspecified atom stereocenters. The topological polar surface area (TPSA) is 64.4 Å². The standard InChI is InChI=1S/C18H12Br2F2N2O3/c1-9-11(8-26-15-5-3-2-4-14(15)22)16(24-27-9)18(25)23-17-12(19)6-10(21)7-13(17)20/h2-7H,8H2,1H3,(H,23,25). The Bertz CT molecular complexity index is 985. The summed E-state index contributed by atoms with van der Waals surface area (Å²) in [4.78, 5) is 12.6. The molecule has 3 rings (SSSR count). The molecule has 1 N–H and O–H groups in total. The van der Waals surface area contributed by atoms with E-state index in [9.17, 15) is 13.6 Å². The highest BCUT2D eigenvalue weighted by atomic mass is 79.9. The van der Waals surface area contributed by atoms with Gasteiger partial charge in [-0.15, -0.1) is 0 Å². The number of para-hydroxylation sites is 1. The molecule has 1 amide bonds. The maximum atomic E-state index is 13.7. The summed E-state index contributed by atoms with van der Waals surface area (Å²) in [5, 5.41) is 6.39. The summed E-state index contributed by atoms with van der Waals surface area (Å²) in [5.41, 5.74) is 0.708. The first-order chi connectivity index (χ1) is 12.9. The van der Waals surface area contributed by atoms with Gasteiger partial charge in [0.05, 0.1) is 11.3 Å². The van der Waals surface area contributed by atoms with Gasteiger partial charge in [0.15, 0.2) is 17.3 Å². The van der Waals surface area contributed by atoms with E-state index in [1.807, 2.05) is 0 Å². The van der Waals surface area contributed by atoms with Gasteiger partial charge in [-0.1, -0.05) is 17.3 Å². The minimum absolute atomic E-state index is 0.00744. The number of nitrogens with zero attached hydrogens (tertiary/aromatic N) is 1. The van der Waals surface area contributed by atoms with Crippen molar-refractivity contribution in [2.24, 2.45) is 0 Å². The zero-order valence-electron chi connectivity index (χ0n) is 13.9. The molecule has 2 aromatic carbocycles. The number of carbonyl (C=O) groups is 1. The molecule has 0 radical (unpaired) electrons. The number of halogens is 4. The van der Waals surface area contributed by atoms with E-state index in [1.165, 1.54) is 24.3 Å². The van der Waals surface area contributed by atoms with Crippen LogP contribution in [0, 0.1) is 18.6 Å². The van der Waals surface area contributed by atoms with Crippen LogP contribution in [0.15, 0.2) is 49.9 Å². The van der Waals surface area contributed by atoms with Gasteiger partial charge >= 0.3 is 0 Å². The van der Waals surface area contributed by atoms with Gasteiger partial charge in [-0.05, 0) is 63.0 Å². The monoisotopic (exact) mass is 500 g/mol. The first-order valence-corrected chi connectivity index (χ1v) is 9.23. The minimum atomic E-state index is -0.577. The van der Waals surface area contributed by atoms with Crippen LogP contribution in [-0.4, -0.2) is 11.1 Å². The van der Waals surface area contributed by atoms with Gasteiger partial charge in [0.1, 0.15) is 18.2 Å². The van der Waals surface area contributed by atoms with E-state index < -0.39 is 17.5 Å². The first-order valence-electron chi connectivity index (χ1n) is 7.65. The first kappa shape index (κ1) is 19.5. The molecule has 140 valence electrons. The molecule has 9 heteroatoms. The van der Waals surface area contributed by atoms with E-state index in [4.69, 9.17) is 9.26 Å². The summed E-state index contributed by atoms with van der Waals surface area (Å²) < 4.78 is 38.3. The molecule has 0 bridgehead atoms. The zero-order valence-corrected chi connectivity index (χ0v) is 17.0. The highest BCUT2D eigenvalue weighted by molar-refractivity contribution is 9.11. The summed E-state index contributed by atoms with van der Waals surface area (Å²) in [7, 11) is 0. The maximum Gasteiger partial charge on any atom is 0.278 e. The van der Waals surface area contributed by atoms with Gasteiger partial charge in [-0.25, -0.2) is 8.78 Å². The van der Waals surface area contributed by atoms with E-state index in [2.05, 4.69) is 42.3 Å². The fraction of sp³-hybridized carbons (Fsp3) is 0.111. The molecule has 1 heterocycles. The molecule has 0 fully saturated rings. The van der Waals surface area contributed by atoms with Crippen LogP contribution in [-0.2, 0) is 6.61 Å². The third-order valence-corrected chi connectivity index (χ3v) is 4.90. The lowest BCUT2D eigenvalue weighted by atomic mass is 10.2. The number of nitrogens with one attached hydrogen (secondary N) is 1. The number of amides is 1. The van der Waals surface area contributed by atoms with Crippen molar-refractivity contribution in [1.82, 2.24) is 5.16 Å². The van der Waals surface area contributed by atoms with E-state index in [0.29, 0.717) is 26.0 Å². The van der Waals surface area contributed by atoms with Crippen LogP contribution in [0.25, 0.3) is 0 Å². The Morgan fingerprint density at radius 1 is 1.22 bits per heavy atom. The van der Waals surface area contributed by atoms with E-state index in [0.717, 1.165) is 0 Å². The maximum absolute atomic E-state index is 13.7. The summed E-state index contributed by atoms with van der Waals surface area (Å²) >= 11 is 6.39. The molecule has 0 aliphatic carbocycles. The van der Waals surface area contributed by atoms with Gasteiger partial charge in [-0.3, -0.25) is 4.79 Å². The van der Waals surface area contributed by atoms with Crippen molar-refractivity contribution in [2.45, 2.75) is 13.5 Å². The van der Waals surface area contributed by atoms with E-state index in [1.54, 1.807) is 19.1 Å². The van der Waals surface area contributed by atoms with Crippen molar-refractivity contribution in [3.05, 3.63) is 74.0 Å². The quantitative estimate of drug-likeness (QED) is 0.493. The molecule has 3 aromatic rings. The summed E-state index contributed by atoms with van der Waals surface area (Å²) in [5.74, 6) is -1.14. The largest absolute Gasteiger partial charge is 0.486 e. The van der Waals surface area contributed by atoms with Gasteiger partial charge in [0, 0.05) is 8.95 Å². The summed E-state index contributed by atoms with van der Waals surface area (Å²) in [6.07, 6.45) is 0. The van der Waals surface area contributed by atoms with Crippen molar-refractivity contribution in [3.8, 4) is 5.75 Å². The molecule has 0 aliphatic heterocycles. The molecule has 0 aliphatic rings. The summed E-state index contributed by atoms with van der Waals surface area (Å²) in [6.45, 7) is 1.51. The second-order valence-electron chi connectivity index (χ2n) is 5.48. The molecule has 0 saturated carbocycles. The molecule has 5 nitrogen and oxygen atoms in total. The molecular weight excluding hydrogens is 490 g/mol. The number of carbonyl (C=O) groups excluding carboxylic acids is 1. The van der Waals surface area contributed by atoms with Gasteiger partial charge in [0.2, 0.25) is 0 Å². The third kappa shape index (κ3) is 4.36. The Kier molecular flexibility index (Phi) is 5.91. The van der Waals surface area contributed by atoms with Crippen LogP contribution in [0.4, 0.5) is 14.5 Å². The van der Waals surface area contributed by atoms with Crippen LogP contribution in [0.2, 0.25) is 0 Å². The molecule has 0 spiro atoms. The number of anilines is 1. The van der Waals surface area contributed by atoms with Crippen LogP contribution in [0.1, 0.15) is 21.8 Å². The van der Waals surface area contributed by atoms with E-state index >= 15 is 0 Å². The SMILES string of the molecule is Cc1onc(C(=O)Nc2c(Br)cc(F)cc2Br)c1COc1ccccc1F. The minimum Gasteiger partial charge on any atom is -0.486 e. The normalized spacial score (nSPS) is 10.7. The molecule has 0 atom stereocenters. The smallest absolute Gasteiger partial charge is 0.278 e. The lowest BCUT2D eigenvalue weighted by Crippen LogP contribution is -2.16. The van der Waals surface area contributed by atoms with Crippen molar-refractivity contribution in [3.63, 3.8) is 0 Å². The zero-order chi connectivity index (χ0) is 19.6. The van der Waals surface area contributed by atoms with Gasteiger partial charge < -0.3 is 14.6 Å². The fourth-order valence-corrected chi connectivity index (χ4v) is 3.61. The van der Waals surface area contributed by atoms with Crippen molar-refractivity contribution >= 4 is 43.5 Å². The number of hydrogen-bond acceptors (Lipinski definition) is 4. The second kappa shape index (κ2) is 8.18. The fourth-order valence-electron chi connectivity index (χ4n) is 2.29. The van der Waals surface area contributed by atoms with Crippen molar-refractivity contribution < 1.29 is 22.8 Å². The van der Waals surface area contributed by atoms with Crippen LogP contribution >= 0.6 is 31.9 Å². The lowest BCUT2D eigenvalue weighted by molar-refractivity contribution is 0.101. The van der Waals surface area contributed by atoms with Crippen LogP contribution < -0.4 is 10.1 Å². The number of hydrogen-bond donors (Lipinski definition) is 1. The highest BCUT2D eigenvalue weighted by Gasteiger charge is 2.22. The van der Waals surface area contributed by atoms with Crippen LogP contribution in [0.5, 0.6) is 5.75 Å². The average Bonchev–Trinajstić information content (AvgIpc) is 2.98. The van der Waals surface area contributed by atoms with Gasteiger partial charge in [-0.2, -0.15) is 0 Å². The van der Waals surface area contributed by atoms with Crippen LogP contribution in [0.3, 0.4) is 0 Å². The predicted molar refractivity (Wildman–Crippen MR) is 102 cm³/mol. The Hall–Kier alpha value is -2.26. The summed E-state index contributed by atoms with van der Waals surface area (Å²) in [6, 6.07) is 8.37. The molecule has 0 saturated heterocycles. The number of ether oxygens (including phenoxy) is 1. The Morgan fingerprint density at radius 2 is 1.89 bits per heavy atom. The van der Waals surface area contributed by atoms with Crippen molar-refractivity contribution in [1.29, 1.82) is 0 Å². The Labute approximate surface area is 169 Å². The third-order valence-electron chi connectivity index (χ3n) is 3.65. The number of aryl methyl sites for hydroxylation is 1. The Balaban J connectivity index is 1.82. The molecule has 1 aromatic heterocycles. The lowest BCUT2D eigenvalue weighted by Gasteiger charge is -2.10. The Morgan fingerprint density at radius 3 is 2.56 bits per heavy atom. The van der Waals surface area contributed by atoms with Crippen molar-refractivity contribution in [2.75, 3.05) is 5.32 Å². The second-order valence-corrected chi connectivity index (χ2v) is 7.19. The number of aromatic nitrogens is 1. The molecule has 27 heavy (non-hydrogen) atoms. The number of rotatable bonds is 5. The number of benzene rings is 2. The molecular formula is C18H12Br2F2N2O3. The van der Waals surface area contributed by atoms with Gasteiger partial charge in [0.25, 0.3) is 5.91 Å². The highest BCUT2D eigenvalue weighted by Crippen LogP contribution is 2.32. The predicted octanol–water partition coefficient (Wildman–Crippen LogP) is 5.62.